The summed E-state index contributed by atoms with van der Waals surface area (Å²) in [5.74, 6) is 1.41. The third kappa shape index (κ3) is 2.34. The van der Waals surface area contributed by atoms with Gasteiger partial charge in [0.05, 0.1) is 6.61 Å². The molecule has 1 fully saturated rings. The van der Waals surface area contributed by atoms with Crippen molar-refractivity contribution >= 4 is 13.6 Å². The van der Waals surface area contributed by atoms with E-state index in [4.69, 9.17) is 4.74 Å². The molecule has 0 spiro atoms. The summed E-state index contributed by atoms with van der Waals surface area (Å²) in [4.78, 5) is 10.4. The molecular formula is C10H10BO2. The van der Waals surface area contributed by atoms with Crippen LogP contribution in [0, 0.1) is 0 Å². The SMILES string of the molecule is O=Cc1cccc(OCC2[B]C2)c1. The van der Waals surface area contributed by atoms with Crippen LogP contribution in [0.4, 0.5) is 0 Å². The molecule has 13 heavy (non-hydrogen) atoms. The first-order chi connectivity index (χ1) is 6.38. The largest absolute Gasteiger partial charge is 0.494 e. The van der Waals surface area contributed by atoms with Gasteiger partial charge in [0.2, 0.25) is 0 Å². The Morgan fingerprint density at radius 1 is 1.62 bits per heavy atom. The van der Waals surface area contributed by atoms with E-state index in [1.54, 1.807) is 12.1 Å². The maximum absolute atomic E-state index is 10.4. The molecule has 1 atom stereocenters. The van der Waals surface area contributed by atoms with Crippen molar-refractivity contribution in [2.45, 2.75) is 12.1 Å². The zero-order chi connectivity index (χ0) is 9.10. The van der Waals surface area contributed by atoms with Gasteiger partial charge in [0, 0.05) is 5.56 Å². The lowest BCUT2D eigenvalue weighted by Gasteiger charge is -2.04. The average molecular weight is 173 g/mol. The second-order valence-electron chi connectivity index (χ2n) is 3.23. The number of aldehydes is 1. The highest BCUT2D eigenvalue weighted by Crippen LogP contribution is 2.27. The van der Waals surface area contributed by atoms with Crippen LogP contribution in [0.15, 0.2) is 24.3 Å². The third-order valence-corrected chi connectivity index (χ3v) is 2.03. The topological polar surface area (TPSA) is 26.3 Å². The fourth-order valence-electron chi connectivity index (χ4n) is 1.11. The maximum atomic E-state index is 10.4. The lowest BCUT2D eigenvalue weighted by molar-refractivity contribution is 0.112. The summed E-state index contributed by atoms with van der Waals surface area (Å²) in [6, 6.07) is 7.23. The number of hydrogen-bond donors (Lipinski definition) is 0. The van der Waals surface area contributed by atoms with E-state index in [1.807, 2.05) is 12.1 Å². The van der Waals surface area contributed by atoms with Crippen LogP contribution < -0.4 is 4.74 Å². The molecule has 0 aromatic heterocycles. The predicted molar refractivity (Wildman–Crippen MR) is 51.6 cm³/mol. The molecular weight excluding hydrogens is 163 g/mol. The maximum Gasteiger partial charge on any atom is 0.150 e. The van der Waals surface area contributed by atoms with Crippen molar-refractivity contribution in [1.29, 1.82) is 0 Å². The Morgan fingerprint density at radius 2 is 2.46 bits per heavy atom. The number of hydrogen-bond acceptors (Lipinski definition) is 2. The summed E-state index contributed by atoms with van der Waals surface area (Å²) < 4.78 is 5.48. The summed E-state index contributed by atoms with van der Waals surface area (Å²) in [6.07, 6.45) is 1.99. The van der Waals surface area contributed by atoms with E-state index in [-0.39, 0.29) is 0 Å². The second-order valence-corrected chi connectivity index (χ2v) is 3.23. The van der Waals surface area contributed by atoms with Crippen molar-refractivity contribution in [3.8, 4) is 5.75 Å². The first-order valence-electron chi connectivity index (χ1n) is 4.40. The Kier molecular flexibility index (Phi) is 2.34. The zero-order valence-corrected chi connectivity index (χ0v) is 7.27. The van der Waals surface area contributed by atoms with Gasteiger partial charge < -0.3 is 4.74 Å². The first kappa shape index (κ1) is 8.36. The van der Waals surface area contributed by atoms with Gasteiger partial charge in [0.25, 0.3) is 0 Å². The summed E-state index contributed by atoms with van der Waals surface area (Å²) in [6.45, 7) is 0.738. The predicted octanol–water partition coefficient (Wildman–Crippen LogP) is 1.80. The molecule has 1 aliphatic heterocycles. The van der Waals surface area contributed by atoms with Gasteiger partial charge in [-0.05, 0) is 17.9 Å². The highest BCUT2D eigenvalue weighted by Gasteiger charge is 2.23. The average Bonchev–Trinajstić information content (AvgIpc) is 2.99. The van der Waals surface area contributed by atoms with Crippen LogP contribution in [-0.4, -0.2) is 20.2 Å². The lowest BCUT2D eigenvalue weighted by Crippen LogP contribution is -1.96. The fourth-order valence-corrected chi connectivity index (χ4v) is 1.11. The van der Waals surface area contributed by atoms with E-state index in [2.05, 4.69) is 7.28 Å². The number of benzene rings is 1. The summed E-state index contributed by atoms with van der Waals surface area (Å²) in [5.41, 5.74) is 0.664. The molecule has 1 heterocycles. The Bertz CT molecular complexity index is 308. The van der Waals surface area contributed by atoms with E-state index < -0.39 is 0 Å². The molecule has 2 nitrogen and oxygen atoms in total. The molecule has 1 radical (unpaired) electrons. The van der Waals surface area contributed by atoms with Gasteiger partial charge in [-0.25, -0.2) is 0 Å². The smallest absolute Gasteiger partial charge is 0.150 e. The number of rotatable bonds is 4. The summed E-state index contributed by atoms with van der Waals surface area (Å²) in [7, 11) is 2.21. The Labute approximate surface area is 78.1 Å². The van der Waals surface area contributed by atoms with E-state index in [0.29, 0.717) is 11.4 Å². The Balaban J connectivity index is 1.97. The molecule has 65 valence electrons. The lowest BCUT2D eigenvalue weighted by atomic mass is 10.0. The molecule has 0 bridgehead atoms. The third-order valence-electron chi connectivity index (χ3n) is 2.03. The van der Waals surface area contributed by atoms with E-state index in [9.17, 15) is 4.79 Å². The highest BCUT2D eigenvalue weighted by molar-refractivity contribution is 6.50. The van der Waals surface area contributed by atoms with Gasteiger partial charge in [0.15, 0.2) is 0 Å². The van der Waals surface area contributed by atoms with Gasteiger partial charge in [-0.3, -0.25) is 4.79 Å². The number of carbonyl (C=O) groups excluding carboxylic acids is 1. The van der Waals surface area contributed by atoms with E-state index in [0.717, 1.165) is 25.0 Å². The molecule has 0 saturated carbocycles. The Hall–Kier alpha value is -1.25. The van der Waals surface area contributed by atoms with Crippen LogP contribution in [0.5, 0.6) is 5.75 Å². The molecule has 1 aromatic carbocycles. The van der Waals surface area contributed by atoms with Crippen LogP contribution in [0.25, 0.3) is 0 Å². The fraction of sp³-hybridized carbons (Fsp3) is 0.300. The number of carbonyl (C=O) groups is 1. The minimum Gasteiger partial charge on any atom is -0.494 e. The van der Waals surface area contributed by atoms with Crippen molar-refractivity contribution in [3.63, 3.8) is 0 Å². The zero-order valence-electron chi connectivity index (χ0n) is 7.27. The van der Waals surface area contributed by atoms with Crippen molar-refractivity contribution in [1.82, 2.24) is 0 Å². The van der Waals surface area contributed by atoms with Gasteiger partial charge in [0.1, 0.15) is 19.3 Å². The molecule has 0 amide bonds. The minimum atomic E-state index is 0.625. The van der Waals surface area contributed by atoms with Crippen molar-refractivity contribution in [2.24, 2.45) is 0 Å². The highest BCUT2D eigenvalue weighted by atomic mass is 16.5. The van der Waals surface area contributed by atoms with Gasteiger partial charge >= 0.3 is 0 Å². The number of ether oxygens (including phenoxy) is 1. The minimum absolute atomic E-state index is 0.625. The normalized spacial score (nSPS) is 18.9. The molecule has 3 heteroatoms. The molecule has 0 aliphatic carbocycles. The van der Waals surface area contributed by atoms with Gasteiger partial charge in [-0.15, -0.1) is 0 Å². The first-order valence-corrected chi connectivity index (χ1v) is 4.40. The van der Waals surface area contributed by atoms with Crippen molar-refractivity contribution < 1.29 is 9.53 Å². The molecule has 0 N–H and O–H groups in total. The standard InChI is InChI=1S/C10H10BO2/c12-6-8-2-1-3-10(4-8)13-7-9-5-11-9/h1-4,6,9H,5,7H2. The van der Waals surface area contributed by atoms with E-state index in [1.165, 1.54) is 0 Å². The van der Waals surface area contributed by atoms with Crippen molar-refractivity contribution in [3.05, 3.63) is 29.8 Å². The molecule has 1 unspecified atom stereocenters. The summed E-state index contributed by atoms with van der Waals surface area (Å²) >= 11 is 0. The van der Waals surface area contributed by atoms with Gasteiger partial charge in [-0.1, -0.05) is 18.5 Å². The summed E-state index contributed by atoms with van der Waals surface area (Å²) in [5, 5.41) is 0. The quantitative estimate of drug-likeness (QED) is 0.512. The molecule has 2 rings (SSSR count). The molecule has 1 aromatic rings. The second kappa shape index (κ2) is 3.65. The van der Waals surface area contributed by atoms with Gasteiger partial charge in [-0.2, -0.15) is 0 Å². The molecule has 1 aliphatic rings. The van der Waals surface area contributed by atoms with Crippen LogP contribution in [0.2, 0.25) is 12.1 Å². The van der Waals surface area contributed by atoms with E-state index >= 15 is 0 Å². The van der Waals surface area contributed by atoms with Crippen LogP contribution in [0.3, 0.4) is 0 Å². The van der Waals surface area contributed by atoms with Crippen LogP contribution >= 0.6 is 0 Å². The monoisotopic (exact) mass is 173 g/mol. The Morgan fingerprint density at radius 3 is 3.15 bits per heavy atom. The molecule has 1 saturated heterocycles. The van der Waals surface area contributed by atoms with Crippen LogP contribution in [0.1, 0.15) is 10.4 Å². The van der Waals surface area contributed by atoms with Crippen molar-refractivity contribution in [2.75, 3.05) is 6.61 Å². The van der Waals surface area contributed by atoms with Crippen LogP contribution in [-0.2, 0) is 0 Å².